The van der Waals surface area contributed by atoms with Gasteiger partial charge >= 0.3 is 0 Å². The molecule has 164 valence electrons. The third-order valence-corrected chi connectivity index (χ3v) is 5.20. The molecular formula is C26H21N3O4. The molecule has 33 heavy (non-hydrogen) atoms. The molecule has 1 aromatic heterocycles. The number of aliphatic hydroxyl groups excluding tert-OH is 1. The number of nitriles is 1. The zero-order valence-electron chi connectivity index (χ0n) is 18.1. The first-order chi connectivity index (χ1) is 15.9. The first kappa shape index (κ1) is 21.8. The fourth-order valence-electron chi connectivity index (χ4n) is 3.79. The second-order valence-corrected chi connectivity index (χ2v) is 7.81. The molecule has 0 saturated carbocycles. The fraction of sp³-hybridized carbons (Fsp3) is 0.154. The van der Waals surface area contributed by atoms with Gasteiger partial charge in [-0.25, -0.2) is 0 Å². The fourth-order valence-corrected chi connectivity index (χ4v) is 3.79. The maximum atomic E-state index is 13.2. The van der Waals surface area contributed by atoms with E-state index in [1.165, 1.54) is 4.90 Å². The van der Waals surface area contributed by atoms with Crippen LogP contribution in [0.5, 0.6) is 5.75 Å². The summed E-state index contributed by atoms with van der Waals surface area (Å²) in [4.78, 5) is 31.7. The summed E-state index contributed by atoms with van der Waals surface area (Å²) < 4.78 is 5.71. The Hall–Kier alpha value is -4.44. The number of hydrogen-bond acceptors (Lipinski definition) is 6. The van der Waals surface area contributed by atoms with Crippen LogP contribution < -0.4 is 9.64 Å². The van der Waals surface area contributed by atoms with E-state index in [1.54, 1.807) is 73.1 Å². The number of aliphatic hydroxyl groups is 1. The second kappa shape index (κ2) is 8.97. The van der Waals surface area contributed by atoms with Crippen LogP contribution in [0.25, 0.3) is 5.76 Å². The van der Waals surface area contributed by atoms with Crippen molar-refractivity contribution in [2.75, 3.05) is 4.90 Å². The molecule has 1 aliphatic heterocycles. The topological polar surface area (TPSA) is 104 Å². The highest BCUT2D eigenvalue weighted by atomic mass is 16.5. The monoisotopic (exact) mass is 439 g/mol. The molecule has 1 fully saturated rings. The highest BCUT2D eigenvalue weighted by Crippen LogP contribution is 2.42. The smallest absolute Gasteiger partial charge is 0.300 e. The molecule has 7 nitrogen and oxygen atoms in total. The molecule has 1 saturated heterocycles. The van der Waals surface area contributed by atoms with Gasteiger partial charge in [-0.3, -0.25) is 19.5 Å². The van der Waals surface area contributed by atoms with Crippen molar-refractivity contribution in [2.45, 2.75) is 26.0 Å². The second-order valence-electron chi connectivity index (χ2n) is 7.81. The van der Waals surface area contributed by atoms with Crippen molar-refractivity contribution in [2.24, 2.45) is 0 Å². The lowest BCUT2D eigenvalue weighted by molar-refractivity contribution is -0.132. The van der Waals surface area contributed by atoms with Gasteiger partial charge in [-0.15, -0.1) is 0 Å². The van der Waals surface area contributed by atoms with E-state index in [1.807, 2.05) is 19.9 Å². The highest BCUT2D eigenvalue weighted by molar-refractivity contribution is 6.51. The van der Waals surface area contributed by atoms with Crippen molar-refractivity contribution in [3.63, 3.8) is 0 Å². The zero-order chi connectivity index (χ0) is 23.5. The van der Waals surface area contributed by atoms with Crippen molar-refractivity contribution in [1.82, 2.24) is 4.98 Å². The molecule has 0 spiro atoms. The van der Waals surface area contributed by atoms with Crippen molar-refractivity contribution in [3.05, 3.63) is 95.3 Å². The summed E-state index contributed by atoms with van der Waals surface area (Å²) in [6.45, 7) is 3.77. The van der Waals surface area contributed by atoms with Gasteiger partial charge in [0.25, 0.3) is 11.7 Å². The molecular weight excluding hydrogens is 418 g/mol. The standard InChI is InChI=1S/C26H21N3O4/c1-16(2)33-21-7-3-5-18(13-21)24(30)22-23(19-6-4-12-28-15-19)29(26(32)25(22)31)20-10-8-17(14-27)9-11-20/h3-13,15-16,23,30H,1-2H3/b24-22-. The quantitative estimate of drug-likeness (QED) is 0.360. The number of ketones is 1. The summed E-state index contributed by atoms with van der Waals surface area (Å²) in [5.74, 6) is -1.34. The van der Waals surface area contributed by atoms with Crippen molar-refractivity contribution in [3.8, 4) is 11.8 Å². The van der Waals surface area contributed by atoms with Crippen LogP contribution in [0.4, 0.5) is 5.69 Å². The summed E-state index contributed by atoms with van der Waals surface area (Å²) in [6.07, 6.45) is 3.07. The van der Waals surface area contributed by atoms with E-state index in [4.69, 9.17) is 10.00 Å². The van der Waals surface area contributed by atoms with Crippen molar-refractivity contribution in [1.29, 1.82) is 5.26 Å². The number of nitrogens with zero attached hydrogens (tertiary/aromatic N) is 3. The van der Waals surface area contributed by atoms with Gasteiger partial charge in [-0.05, 0) is 61.9 Å². The van der Waals surface area contributed by atoms with Crippen LogP contribution in [0.3, 0.4) is 0 Å². The van der Waals surface area contributed by atoms with Gasteiger partial charge in [0.05, 0.1) is 29.4 Å². The van der Waals surface area contributed by atoms with Gasteiger partial charge < -0.3 is 9.84 Å². The number of ether oxygens (including phenoxy) is 1. The number of hydrogen-bond donors (Lipinski definition) is 1. The first-order valence-corrected chi connectivity index (χ1v) is 10.4. The molecule has 3 aromatic rings. The normalized spacial score (nSPS) is 17.3. The predicted octanol–water partition coefficient (Wildman–Crippen LogP) is 4.37. The Morgan fingerprint density at radius 2 is 1.88 bits per heavy atom. The summed E-state index contributed by atoms with van der Waals surface area (Å²) in [5.41, 5.74) is 1.74. The van der Waals surface area contributed by atoms with Crippen LogP contribution in [0.15, 0.2) is 78.6 Å². The molecule has 0 radical (unpaired) electrons. The van der Waals surface area contributed by atoms with Gasteiger partial charge in [-0.2, -0.15) is 5.26 Å². The molecule has 0 bridgehead atoms. The minimum atomic E-state index is -0.888. The van der Waals surface area contributed by atoms with E-state index in [0.29, 0.717) is 28.1 Å². The maximum Gasteiger partial charge on any atom is 0.300 e. The minimum Gasteiger partial charge on any atom is -0.507 e. The lowest BCUT2D eigenvalue weighted by Gasteiger charge is -2.25. The molecule has 1 amide bonds. The highest BCUT2D eigenvalue weighted by Gasteiger charge is 2.47. The largest absolute Gasteiger partial charge is 0.507 e. The summed E-state index contributed by atoms with van der Waals surface area (Å²) in [6, 6.07) is 17.7. The van der Waals surface area contributed by atoms with Gasteiger partial charge in [-0.1, -0.05) is 18.2 Å². The van der Waals surface area contributed by atoms with Gasteiger partial charge in [0.1, 0.15) is 11.5 Å². The molecule has 1 aliphatic rings. The van der Waals surface area contributed by atoms with Crippen LogP contribution in [0.2, 0.25) is 0 Å². The molecule has 2 aromatic carbocycles. The number of Topliss-reactive ketones (excluding diaryl/α,β-unsaturated/α-hetero) is 1. The number of pyridine rings is 1. The Bertz CT molecular complexity index is 1270. The van der Waals surface area contributed by atoms with E-state index in [-0.39, 0.29) is 17.4 Å². The number of amides is 1. The molecule has 1 N–H and O–H groups in total. The maximum absolute atomic E-state index is 13.2. The summed E-state index contributed by atoms with van der Waals surface area (Å²) in [5, 5.41) is 20.3. The number of benzene rings is 2. The lowest BCUT2D eigenvalue weighted by atomic mass is 9.96. The number of aromatic nitrogens is 1. The molecule has 2 heterocycles. The molecule has 7 heteroatoms. The van der Waals surface area contributed by atoms with Crippen molar-refractivity contribution >= 4 is 23.1 Å². The summed E-state index contributed by atoms with van der Waals surface area (Å²) >= 11 is 0. The third-order valence-electron chi connectivity index (χ3n) is 5.20. The van der Waals surface area contributed by atoms with E-state index in [2.05, 4.69) is 4.98 Å². The number of rotatable bonds is 5. The van der Waals surface area contributed by atoms with Crippen LogP contribution in [-0.2, 0) is 9.59 Å². The number of anilines is 1. The molecule has 4 rings (SSSR count). The molecule has 1 atom stereocenters. The van der Waals surface area contributed by atoms with E-state index >= 15 is 0 Å². The van der Waals surface area contributed by atoms with Crippen LogP contribution in [0.1, 0.15) is 36.6 Å². The first-order valence-electron chi connectivity index (χ1n) is 10.4. The Morgan fingerprint density at radius 1 is 1.12 bits per heavy atom. The SMILES string of the molecule is CC(C)Oc1cccc(/C(O)=C2/C(=O)C(=O)N(c3ccc(C#N)cc3)C2c2cccnc2)c1. The van der Waals surface area contributed by atoms with E-state index in [9.17, 15) is 14.7 Å². The number of carbonyl (C=O) groups is 2. The summed E-state index contributed by atoms with van der Waals surface area (Å²) in [7, 11) is 0. The Balaban J connectivity index is 1.88. The Morgan fingerprint density at radius 3 is 2.52 bits per heavy atom. The van der Waals surface area contributed by atoms with Crippen LogP contribution >= 0.6 is 0 Å². The Labute approximate surface area is 191 Å². The zero-order valence-corrected chi connectivity index (χ0v) is 18.1. The van der Waals surface area contributed by atoms with Crippen molar-refractivity contribution < 1.29 is 19.4 Å². The predicted molar refractivity (Wildman–Crippen MR) is 122 cm³/mol. The number of carbonyl (C=O) groups excluding carboxylic acids is 2. The van der Waals surface area contributed by atoms with Gasteiger partial charge in [0, 0.05) is 23.6 Å². The molecule has 0 aliphatic carbocycles. The Kier molecular flexibility index (Phi) is 5.92. The third kappa shape index (κ3) is 4.19. The van der Waals surface area contributed by atoms with E-state index in [0.717, 1.165) is 0 Å². The van der Waals surface area contributed by atoms with Crippen LogP contribution in [-0.4, -0.2) is 27.9 Å². The minimum absolute atomic E-state index is 0.0425. The lowest BCUT2D eigenvalue weighted by Crippen LogP contribution is -2.29. The van der Waals surface area contributed by atoms with E-state index < -0.39 is 17.7 Å². The average Bonchev–Trinajstić information content (AvgIpc) is 3.09. The molecule has 1 unspecified atom stereocenters. The van der Waals surface area contributed by atoms with Gasteiger partial charge in [0.15, 0.2) is 0 Å². The average molecular weight is 439 g/mol. The van der Waals surface area contributed by atoms with Crippen LogP contribution in [0, 0.1) is 11.3 Å². The van der Waals surface area contributed by atoms with Gasteiger partial charge in [0.2, 0.25) is 0 Å².